The quantitative estimate of drug-likeness (QED) is 0.423. The first-order valence-electron chi connectivity index (χ1n) is 8.94. The fourth-order valence-corrected chi connectivity index (χ4v) is 4.41. The molecule has 3 N–H and O–H groups in total. The van der Waals surface area contributed by atoms with Crippen LogP contribution in [0.25, 0.3) is 17.3 Å². The van der Waals surface area contributed by atoms with Gasteiger partial charge in [-0.25, -0.2) is 0 Å². The standard InChI is InChI=1S/C20H17N5O3S2/c1-12(18(27)22-19-14(16(21)26)9-11-29-19)30-20-24-23-17(15-8-5-10-28-15)25(20)13-6-3-2-4-7-13/h2-12H,1H3,(H2,21,26)(H,22,27). The molecule has 3 aromatic heterocycles. The Hall–Kier alpha value is -3.37. The number of carbonyl (C=O) groups is 2. The average Bonchev–Trinajstić information content (AvgIpc) is 3.49. The number of hydrogen-bond acceptors (Lipinski definition) is 7. The van der Waals surface area contributed by atoms with E-state index in [4.69, 9.17) is 10.2 Å². The molecule has 0 radical (unpaired) electrons. The molecular formula is C20H17N5O3S2. The molecule has 0 spiro atoms. The van der Waals surface area contributed by atoms with Crippen molar-refractivity contribution in [1.82, 2.24) is 14.8 Å². The van der Waals surface area contributed by atoms with Gasteiger partial charge in [-0.15, -0.1) is 21.5 Å². The van der Waals surface area contributed by atoms with E-state index in [-0.39, 0.29) is 11.5 Å². The first-order chi connectivity index (χ1) is 14.5. The van der Waals surface area contributed by atoms with E-state index in [1.807, 2.05) is 34.9 Å². The van der Waals surface area contributed by atoms with Crippen molar-refractivity contribution in [3.05, 3.63) is 65.7 Å². The van der Waals surface area contributed by atoms with Crippen LogP contribution in [0.1, 0.15) is 17.3 Å². The summed E-state index contributed by atoms with van der Waals surface area (Å²) in [6, 6.07) is 14.8. The van der Waals surface area contributed by atoms with Gasteiger partial charge in [-0.3, -0.25) is 14.2 Å². The van der Waals surface area contributed by atoms with Crippen LogP contribution >= 0.6 is 23.1 Å². The summed E-state index contributed by atoms with van der Waals surface area (Å²) in [4.78, 5) is 24.2. The molecule has 8 nitrogen and oxygen atoms in total. The number of hydrogen-bond donors (Lipinski definition) is 2. The second-order valence-electron chi connectivity index (χ2n) is 6.23. The number of aromatic nitrogens is 3. The van der Waals surface area contributed by atoms with Gasteiger partial charge in [0, 0.05) is 5.69 Å². The molecule has 0 aliphatic rings. The summed E-state index contributed by atoms with van der Waals surface area (Å²) in [7, 11) is 0. The number of primary amides is 1. The van der Waals surface area contributed by atoms with Gasteiger partial charge in [0.15, 0.2) is 10.9 Å². The molecule has 2 amide bonds. The first kappa shape index (κ1) is 19.9. The molecule has 4 rings (SSSR count). The van der Waals surface area contributed by atoms with E-state index >= 15 is 0 Å². The number of para-hydroxylation sites is 1. The predicted octanol–water partition coefficient (Wildman–Crippen LogP) is 3.81. The van der Waals surface area contributed by atoms with Crippen molar-refractivity contribution >= 4 is 39.9 Å². The second kappa shape index (κ2) is 8.56. The predicted molar refractivity (Wildman–Crippen MR) is 116 cm³/mol. The lowest BCUT2D eigenvalue weighted by Gasteiger charge is -2.13. The van der Waals surface area contributed by atoms with E-state index < -0.39 is 11.2 Å². The van der Waals surface area contributed by atoms with Crippen molar-refractivity contribution in [3.63, 3.8) is 0 Å². The Kier molecular flexibility index (Phi) is 5.68. The summed E-state index contributed by atoms with van der Waals surface area (Å²) in [5.41, 5.74) is 6.48. The fourth-order valence-electron chi connectivity index (χ4n) is 2.75. The van der Waals surface area contributed by atoms with Crippen molar-refractivity contribution in [2.24, 2.45) is 5.73 Å². The summed E-state index contributed by atoms with van der Waals surface area (Å²) in [5.74, 6) is 0.251. The molecule has 10 heteroatoms. The zero-order valence-corrected chi connectivity index (χ0v) is 17.4. The minimum Gasteiger partial charge on any atom is -0.461 e. The Balaban J connectivity index is 1.60. The number of amides is 2. The average molecular weight is 440 g/mol. The summed E-state index contributed by atoms with van der Waals surface area (Å²) in [6.07, 6.45) is 1.57. The molecule has 0 fully saturated rings. The summed E-state index contributed by atoms with van der Waals surface area (Å²) >= 11 is 2.50. The zero-order chi connectivity index (χ0) is 21.1. The van der Waals surface area contributed by atoms with Crippen LogP contribution in [-0.2, 0) is 4.79 Å². The molecule has 0 saturated carbocycles. The summed E-state index contributed by atoms with van der Waals surface area (Å²) in [5, 5.41) is 13.5. The van der Waals surface area contributed by atoms with E-state index in [0.717, 1.165) is 5.69 Å². The Morgan fingerprint density at radius 3 is 2.67 bits per heavy atom. The van der Waals surface area contributed by atoms with E-state index in [9.17, 15) is 9.59 Å². The number of benzene rings is 1. The van der Waals surface area contributed by atoms with Crippen LogP contribution in [-0.4, -0.2) is 31.8 Å². The molecule has 0 aliphatic heterocycles. The Labute approximate surface area is 180 Å². The fraction of sp³-hybridized carbons (Fsp3) is 0.100. The number of nitrogens with two attached hydrogens (primary N) is 1. The van der Waals surface area contributed by atoms with E-state index in [0.29, 0.717) is 21.7 Å². The summed E-state index contributed by atoms with van der Waals surface area (Å²) in [6.45, 7) is 1.76. The lowest BCUT2D eigenvalue weighted by atomic mass is 10.3. The number of carbonyl (C=O) groups excluding carboxylic acids is 2. The second-order valence-corrected chi connectivity index (χ2v) is 8.46. The normalized spacial score (nSPS) is 11.9. The highest BCUT2D eigenvalue weighted by Gasteiger charge is 2.24. The monoisotopic (exact) mass is 439 g/mol. The molecular weight excluding hydrogens is 422 g/mol. The molecule has 30 heavy (non-hydrogen) atoms. The van der Waals surface area contributed by atoms with Crippen molar-refractivity contribution in [2.45, 2.75) is 17.3 Å². The number of anilines is 1. The maximum absolute atomic E-state index is 12.7. The van der Waals surface area contributed by atoms with Crippen molar-refractivity contribution in [3.8, 4) is 17.3 Å². The van der Waals surface area contributed by atoms with E-state index in [1.165, 1.54) is 23.1 Å². The number of thiophene rings is 1. The van der Waals surface area contributed by atoms with Crippen LogP contribution in [0.3, 0.4) is 0 Å². The highest BCUT2D eigenvalue weighted by molar-refractivity contribution is 8.00. The van der Waals surface area contributed by atoms with Crippen LogP contribution in [0, 0.1) is 0 Å². The molecule has 1 aromatic carbocycles. The SMILES string of the molecule is CC(Sc1nnc(-c2ccco2)n1-c1ccccc1)C(=O)Nc1sccc1C(N)=O. The van der Waals surface area contributed by atoms with Gasteiger partial charge in [0.2, 0.25) is 11.7 Å². The minimum atomic E-state index is -0.584. The molecule has 0 aliphatic carbocycles. The molecule has 1 unspecified atom stereocenters. The summed E-state index contributed by atoms with van der Waals surface area (Å²) < 4.78 is 7.34. The van der Waals surface area contributed by atoms with Crippen molar-refractivity contribution < 1.29 is 14.0 Å². The van der Waals surface area contributed by atoms with Crippen LogP contribution in [0.15, 0.2) is 69.7 Å². The Bertz CT molecular complexity index is 1170. The van der Waals surface area contributed by atoms with Gasteiger partial charge in [-0.1, -0.05) is 30.0 Å². The van der Waals surface area contributed by atoms with Crippen LogP contribution in [0.2, 0.25) is 0 Å². The van der Waals surface area contributed by atoms with Gasteiger partial charge in [-0.2, -0.15) is 0 Å². The number of furan rings is 1. The minimum absolute atomic E-state index is 0.271. The molecule has 4 aromatic rings. The highest BCUT2D eigenvalue weighted by atomic mass is 32.2. The third-order valence-corrected chi connectivity index (χ3v) is 6.08. The van der Waals surface area contributed by atoms with Crippen molar-refractivity contribution in [2.75, 3.05) is 5.32 Å². The zero-order valence-electron chi connectivity index (χ0n) is 15.8. The largest absolute Gasteiger partial charge is 0.461 e. The molecule has 1 atom stereocenters. The smallest absolute Gasteiger partial charge is 0.251 e. The molecule has 0 bridgehead atoms. The van der Waals surface area contributed by atoms with Crippen LogP contribution in [0.4, 0.5) is 5.00 Å². The first-order valence-corrected chi connectivity index (χ1v) is 10.7. The third kappa shape index (κ3) is 4.00. The topological polar surface area (TPSA) is 116 Å². The van der Waals surface area contributed by atoms with Gasteiger partial charge in [0.05, 0.1) is 17.1 Å². The van der Waals surface area contributed by atoms with Crippen LogP contribution in [0.5, 0.6) is 0 Å². The highest BCUT2D eigenvalue weighted by Crippen LogP contribution is 2.31. The molecule has 3 heterocycles. The van der Waals surface area contributed by atoms with E-state index in [2.05, 4.69) is 15.5 Å². The Morgan fingerprint density at radius 1 is 1.17 bits per heavy atom. The van der Waals surface area contributed by atoms with E-state index in [1.54, 1.807) is 36.8 Å². The molecule has 0 saturated heterocycles. The maximum Gasteiger partial charge on any atom is 0.251 e. The third-order valence-electron chi connectivity index (χ3n) is 4.21. The lowest BCUT2D eigenvalue weighted by molar-refractivity contribution is -0.115. The van der Waals surface area contributed by atoms with Gasteiger partial charge in [0.25, 0.3) is 5.91 Å². The maximum atomic E-state index is 12.7. The number of thioether (sulfide) groups is 1. The molecule has 152 valence electrons. The number of rotatable bonds is 7. The lowest BCUT2D eigenvalue weighted by Crippen LogP contribution is -2.24. The van der Waals surface area contributed by atoms with Crippen molar-refractivity contribution in [1.29, 1.82) is 0 Å². The number of nitrogens with zero attached hydrogens (tertiary/aromatic N) is 3. The van der Waals surface area contributed by atoms with Gasteiger partial charge in [0.1, 0.15) is 5.00 Å². The Morgan fingerprint density at radius 2 is 1.97 bits per heavy atom. The van der Waals surface area contributed by atoms with Gasteiger partial charge in [-0.05, 0) is 42.6 Å². The number of nitrogens with one attached hydrogen (secondary N) is 1. The van der Waals surface area contributed by atoms with Crippen LogP contribution < -0.4 is 11.1 Å². The van der Waals surface area contributed by atoms with Gasteiger partial charge < -0.3 is 15.5 Å². The van der Waals surface area contributed by atoms with Gasteiger partial charge >= 0.3 is 0 Å².